The third kappa shape index (κ3) is 17.2. The summed E-state index contributed by atoms with van der Waals surface area (Å²) in [6, 6.07) is 10.9. The van der Waals surface area contributed by atoms with Crippen LogP contribution in [0.2, 0.25) is 0 Å². The first-order valence-corrected chi connectivity index (χ1v) is 38.5. The van der Waals surface area contributed by atoms with Crippen molar-refractivity contribution in [1.82, 2.24) is 26.6 Å². The first-order chi connectivity index (χ1) is 51.3. The van der Waals surface area contributed by atoms with Crippen molar-refractivity contribution in [2.45, 2.75) is 244 Å². The Morgan fingerprint density at radius 3 is 2.04 bits per heavy atom. The van der Waals surface area contributed by atoms with Crippen molar-refractivity contribution < 1.29 is 97.8 Å². The number of hydrogen-bond acceptors (Lipinski definition) is 19. The van der Waals surface area contributed by atoms with E-state index in [9.17, 15) is 78.9 Å². The zero-order valence-electron chi connectivity index (χ0n) is 63.1. The third-order valence-corrected chi connectivity index (χ3v) is 25.1. The highest BCUT2D eigenvalue weighted by atomic mass is 16.7. The molecule has 4 aromatic rings. The van der Waals surface area contributed by atoms with Crippen LogP contribution in [0.1, 0.15) is 224 Å². The highest BCUT2D eigenvalue weighted by Crippen LogP contribution is 2.68. The van der Waals surface area contributed by atoms with E-state index in [2.05, 4.69) is 67.3 Å². The Balaban J connectivity index is 0.705. The van der Waals surface area contributed by atoms with E-state index in [1.54, 1.807) is 12.1 Å². The van der Waals surface area contributed by atoms with Gasteiger partial charge in [-0.3, -0.25) is 33.6 Å². The smallest absolute Gasteiger partial charge is 0.408 e. The summed E-state index contributed by atoms with van der Waals surface area (Å²) in [6.45, 7) is 14.8. The van der Waals surface area contributed by atoms with E-state index >= 15 is 0 Å². The quantitative estimate of drug-likeness (QED) is 0.0120. The van der Waals surface area contributed by atoms with E-state index < -0.39 is 149 Å². The Kier molecular flexibility index (Phi) is 24.9. The van der Waals surface area contributed by atoms with Crippen LogP contribution in [0.25, 0.3) is 0 Å². The number of Topliss-reactive ketones (excluding diaryl/α,β-unsaturated/α-hetero) is 1. The Labute approximate surface area is 630 Å². The number of nitrogens with one attached hydrogen (secondary N) is 5. The molecule has 1 saturated heterocycles. The third-order valence-electron chi connectivity index (χ3n) is 25.1. The van der Waals surface area contributed by atoms with Crippen LogP contribution in [0.5, 0.6) is 28.7 Å². The number of aliphatic hydroxyl groups is 2. The van der Waals surface area contributed by atoms with Crippen LogP contribution in [0.15, 0.2) is 78.4 Å². The van der Waals surface area contributed by atoms with E-state index in [1.165, 1.54) is 119 Å². The zero-order chi connectivity index (χ0) is 77.8. The van der Waals surface area contributed by atoms with Crippen LogP contribution >= 0.6 is 0 Å². The Hall–Kier alpha value is -8.91. The number of benzene rings is 4. The van der Waals surface area contributed by atoms with Crippen LogP contribution in [-0.2, 0) is 62.2 Å². The molecule has 25 nitrogen and oxygen atoms in total. The van der Waals surface area contributed by atoms with Gasteiger partial charge in [0, 0.05) is 74.6 Å². The molecule has 8 unspecified atom stereocenters. The summed E-state index contributed by atoms with van der Waals surface area (Å²) < 4.78 is 23.9. The predicted molar refractivity (Wildman–Crippen MR) is 396 cm³/mol. The van der Waals surface area contributed by atoms with Crippen molar-refractivity contribution in [2.75, 3.05) is 13.7 Å². The maximum Gasteiger partial charge on any atom is 0.408 e. The monoisotopic (exact) mass is 1490 g/mol. The average molecular weight is 1490 g/mol. The Bertz CT molecular complexity index is 4080. The fourth-order valence-electron chi connectivity index (χ4n) is 19.1. The maximum absolute atomic E-state index is 14.7. The number of ether oxygens (including phenoxy) is 4. The van der Waals surface area contributed by atoms with Gasteiger partial charge in [0.1, 0.15) is 64.7 Å². The van der Waals surface area contributed by atoms with Gasteiger partial charge in [-0.25, -0.2) is 9.59 Å². The van der Waals surface area contributed by atoms with E-state index in [0.717, 1.165) is 25.7 Å². The number of allylic oxidation sites excluding steroid dienone is 1. The number of aliphatic hydroxyl groups excluding tert-OH is 1. The number of phenolic OH excluding ortho intramolecular Hbond substituents is 4. The molecule has 0 radical (unpaired) electrons. The van der Waals surface area contributed by atoms with Gasteiger partial charge in [-0.2, -0.15) is 0 Å². The van der Waals surface area contributed by atoms with Crippen molar-refractivity contribution in [3.05, 3.63) is 123 Å². The van der Waals surface area contributed by atoms with E-state index in [1.807, 2.05) is 0 Å². The van der Waals surface area contributed by atoms with Gasteiger partial charge in [-0.1, -0.05) is 102 Å². The number of fused-ring (bicyclic) bond motifs is 8. The standard InChI is InChI=1S/C83H107N5O20/c1-43(2)13-11-14-44(3)56-28-29-57-53-27-22-49-39-52(32-34-81(49,6)58(53)33-35-82(56,57)7)107-80(103)88-61(37-47-18-23-50(90)24-19-47)78(100)86-59(77(99)87-62(79(101)102)38-48-20-25-51(91)26-21-48)16-9-10-36-84-65(92)30-31-66(93)85-60-40-67(106-45(4)72(60)94)108-64-42-83(104,46(5)89)41-55-69(64)76(98)71-70(74(55)96)73(95)54-15-12-17-63(105-8)68(54)75(71)97/h12,15,17-26,43-45,52-53,56-62,64,67,72,90-91,94,96,98,104H,9-11,13-14,16,27-42H2,1-8H3,(H,84,92)(H,85,93)(H,86,100)(H,87,99)(H,88,103)(H,101,102)/t44?,45-,52?,53?,56?,57-,58-,59+,60-,61?,62?,64-,67-,72+,81?,82?,83-/m0/s1. The van der Waals surface area contributed by atoms with Gasteiger partial charge in [0.05, 0.1) is 42.0 Å². The molecular weight excluding hydrogens is 1390 g/mol. The molecule has 7 aliphatic rings. The number of carboxylic acids is 1. The Morgan fingerprint density at radius 2 is 1.37 bits per heavy atom. The number of ketones is 3. The lowest BCUT2D eigenvalue weighted by Crippen LogP contribution is -2.56. The van der Waals surface area contributed by atoms with E-state index in [4.69, 9.17) is 18.9 Å². The molecule has 0 bridgehead atoms. The van der Waals surface area contributed by atoms with Gasteiger partial charge in [0.25, 0.3) is 0 Å². The van der Waals surface area contributed by atoms with Crippen molar-refractivity contribution in [3.63, 3.8) is 0 Å². The molecule has 17 atom stereocenters. The molecule has 1 heterocycles. The normalized spacial score (nSPS) is 27.9. The first kappa shape index (κ1) is 80.1. The lowest BCUT2D eigenvalue weighted by molar-refractivity contribution is -0.249. The fraction of sp³-hybridized carbons (Fsp3) is 0.578. The molecule has 4 fully saturated rings. The van der Waals surface area contributed by atoms with E-state index in [-0.39, 0.29) is 103 Å². The second kappa shape index (κ2) is 33.5. The lowest BCUT2D eigenvalue weighted by atomic mass is 9.47. The van der Waals surface area contributed by atoms with Crippen LogP contribution in [0.3, 0.4) is 0 Å². The number of carboxylic acid groups (broad SMARTS) is 1. The number of rotatable bonds is 29. The molecule has 5 amide bonds. The largest absolute Gasteiger partial charge is 0.508 e. The summed E-state index contributed by atoms with van der Waals surface area (Å²) in [7, 11) is 1.30. The number of phenols is 4. The number of alkyl carbamates (subject to hydrolysis) is 1. The number of amides is 5. The van der Waals surface area contributed by atoms with Crippen LogP contribution in [-0.4, -0.2) is 157 Å². The summed E-state index contributed by atoms with van der Waals surface area (Å²) in [5.41, 5.74) is -1.25. The number of hydrogen-bond donors (Lipinski definition) is 12. The first-order valence-electron chi connectivity index (χ1n) is 38.5. The van der Waals surface area contributed by atoms with Crippen molar-refractivity contribution >= 4 is 53.0 Å². The van der Waals surface area contributed by atoms with Crippen LogP contribution in [0, 0.1) is 46.3 Å². The number of carbonyl (C=O) groups excluding carboxylic acids is 8. The average Bonchev–Trinajstić information content (AvgIpc) is 0.962. The summed E-state index contributed by atoms with van der Waals surface area (Å²) in [6.07, 6.45) is 5.98. The molecule has 3 saturated carbocycles. The molecule has 1 aliphatic heterocycles. The molecule has 0 aromatic heterocycles. The summed E-state index contributed by atoms with van der Waals surface area (Å²) >= 11 is 0. The molecule has 6 aliphatic carbocycles. The van der Waals surface area contributed by atoms with Gasteiger partial charge < -0.3 is 81.3 Å². The Morgan fingerprint density at radius 1 is 0.713 bits per heavy atom. The van der Waals surface area contributed by atoms with Gasteiger partial charge in [-0.15, -0.1) is 0 Å². The number of unbranched alkanes of at least 4 members (excludes halogenated alkanes) is 1. The number of aromatic hydroxyl groups is 4. The predicted octanol–water partition coefficient (Wildman–Crippen LogP) is 9.71. The minimum Gasteiger partial charge on any atom is -0.508 e. The number of aliphatic carboxylic acids is 1. The molecule has 0 spiro atoms. The molecule has 12 N–H and O–H groups in total. The van der Waals surface area contributed by atoms with Gasteiger partial charge in [0.2, 0.25) is 29.4 Å². The number of carbonyl (C=O) groups is 9. The minimum absolute atomic E-state index is 0.0206. The van der Waals surface area contributed by atoms with Crippen LogP contribution < -0.4 is 31.3 Å². The molecule has 108 heavy (non-hydrogen) atoms. The second-order valence-electron chi connectivity index (χ2n) is 32.4. The van der Waals surface area contributed by atoms with Gasteiger partial charge in [-0.05, 0) is 166 Å². The highest BCUT2D eigenvalue weighted by Gasteiger charge is 2.60. The second-order valence-corrected chi connectivity index (χ2v) is 32.4. The summed E-state index contributed by atoms with van der Waals surface area (Å²) in [5, 5.41) is 90.8. The molecule has 11 rings (SSSR count). The molecule has 4 aromatic carbocycles. The highest BCUT2D eigenvalue weighted by molar-refractivity contribution is 6.31. The number of methoxy groups -OCH3 is 1. The maximum atomic E-state index is 14.7. The van der Waals surface area contributed by atoms with Crippen molar-refractivity contribution in [3.8, 4) is 28.7 Å². The van der Waals surface area contributed by atoms with Gasteiger partial charge >= 0.3 is 12.1 Å². The minimum atomic E-state index is -2.20. The van der Waals surface area contributed by atoms with E-state index in [0.29, 0.717) is 59.0 Å². The molecular formula is C83H107N5O20. The topological polar surface area (TPSA) is 392 Å². The molecule has 25 heteroatoms. The lowest BCUT2D eigenvalue weighted by Gasteiger charge is -2.58. The van der Waals surface area contributed by atoms with Crippen molar-refractivity contribution in [1.29, 1.82) is 0 Å². The summed E-state index contributed by atoms with van der Waals surface area (Å²) in [4.78, 5) is 124. The zero-order valence-corrected chi connectivity index (χ0v) is 63.1. The molecule has 584 valence electrons. The summed E-state index contributed by atoms with van der Waals surface area (Å²) in [5.74, 6) is -4.10. The fourth-order valence-corrected chi connectivity index (χ4v) is 19.1. The van der Waals surface area contributed by atoms with Gasteiger partial charge in [0.15, 0.2) is 17.9 Å². The SMILES string of the molecule is COc1cccc2c1C(=O)c1c(O)c3c(c(O)c1C2=O)C[C@@](O)(C(C)=O)C[C@@H]3O[C@H]1C[C@H](NC(=O)CCC(=O)NCCCC[C@@H](NC(=O)C(Cc2ccc(O)cc2)NC(=O)OC2CCC3(C)C(=CCC4[C@@H]3CCC3(C)C(C(C)CCCC(C)C)CC[C@@H]43)C2)C(=O)NC(Cc2ccc(O)cc2)C(=O)O)[C@H](O)[C@H](C)O1. The van der Waals surface area contributed by atoms with Crippen LogP contribution in [0.4, 0.5) is 4.79 Å². The van der Waals surface area contributed by atoms with Crippen molar-refractivity contribution in [2.24, 2.45) is 46.3 Å².